The first-order valence-corrected chi connectivity index (χ1v) is 9.94. The Labute approximate surface area is 157 Å². The molecule has 27 heavy (non-hydrogen) atoms. The largest absolute Gasteiger partial charge is 0.483 e. The number of hydrogen-bond donors (Lipinski definition) is 1. The highest BCUT2D eigenvalue weighted by atomic mass is 32.2. The standard InChI is InChI=1S/C19H21F2NO4S/c1-3-13(2)16-6-4-5-7-17(16)26-12-18(23)22-14-8-10-15(11-9-14)27(24,25)19(20)21/h4-11,13,19H,3,12H2,1-2H3,(H,22,23). The molecule has 0 heterocycles. The fourth-order valence-electron chi connectivity index (χ4n) is 2.41. The molecular formula is C19H21F2NO4S. The summed E-state index contributed by atoms with van der Waals surface area (Å²) < 4.78 is 53.4. The topological polar surface area (TPSA) is 72.5 Å². The molecule has 1 atom stereocenters. The number of sulfone groups is 1. The molecule has 2 aromatic carbocycles. The Morgan fingerprint density at radius 2 is 1.74 bits per heavy atom. The summed E-state index contributed by atoms with van der Waals surface area (Å²) in [5.41, 5.74) is 1.29. The van der Waals surface area contributed by atoms with Gasteiger partial charge in [0.1, 0.15) is 5.75 Å². The van der Waals surface area contributed by atoms with Crippen LogP contribution in [-0.4, -0.2) is 26.7 Å². The van der Waals surface area contributed by atoms with E-state index in [4.69, 9.17) is 4.74 Å². The van der Waals surface area contributed by atoms with Crippen LogP contribution >= 0.6 is 0 Å². The maximum Gasteiger partial charge on any atom is 0.341 e. The molecule has 0 saturated carbocycles. The molecule has 1 N–H and O–H groups in total. The Balaban J connectivity index is 1.99. The van der Waals surface area contributed by atoms with E-state index in [1.54, 1.807) is 6.07 Å². The van der Waals surface area contributed by atoms with Gasteiger partial charge in [-0.25, -0.2) is 8.42 Å². The van der Waals surface area contributed by atoms with Gasteiger partial charge in [-0.3, -0.25) is 4.79 Å². The van der Waals surface area contributed by atoms with Crippen LogP contribution < -0.4 is 10.1 Å². The van der Waals surface area contributed by atoms with Crippen LogP contribution in [0.25, 0.3) is 0 Å². The molecular weight excluding hydrogens is 376 g/mol. The summed E-state index contributed by atoms with van der Waals surface area (Å²) in [6, 6.07) is 12.0. The molecule has 5 nitrogen and oxygen atoms in total. The van der Waals surface area contributed by atoms with Gasteiger partial charge >= 0.3 is 5.76 Å². The van der Waals surface area contributed by atoms with Gasteiger partial charge in [0.15, 0.2) is 6.61 Å². The Morgan fingerprint density at radius 1 is 1.11 bits per heavy atom. The lowest BCUT2D eigenvalue weighted by atomic mass is 9.98. The van der Waals surface area contributed by atoms with Crippen LogP contribution in [0.15, 0.2) is 53.4 Å². The molecule has 0 spiro atoms. The van der Waals surface area contributed by atoms with E-state index in [2.05, 4.69) is 19.2 Å². The fraction of sp³-hybridized carbons (Fsp3) is 0.316. The quantitative estimate of drug-likeness (QED) is 0.724. The minimum absolute atomic E-state index is 0.232. The summed E-state index contributed by atoms with van der Waals surface area (Å²) in [6.45, 7) is 3.90. The summed E-state index contributed by atoms with van der Waals surface area (Å²) in [6.07, 6.45) is 0.931. The molecule has 0 radical (unpaired) electrons. The van der Waals surface area contributed by atoms with Gasteiger partial charge in [-0.15, -0.1) is 0 Å². The van der Waals surface area contributed by atoms with Crippen LogP contribution in [0.5, 0.6) is 5.75 Å². The number of benzene rings is 2. The van der Waals surface area contributed by atoms with Crippen molar-refractivity contribution in [2.75, 3.05) is 11.9 Å². The minimum atomic E-state index is -4.65. The van der Waals surface area contributed by atoms with Gasteiger partial charge in [0.25, 0.3) is 5.91 Å². The number of halogens is 2. The Bertz CT molecular complexity index is 883. The third kappa shape index (κ3) is 5.26. The zero-order chi connectivity index (χ0) is 20.0. The van der Waals surface area contributed by atoms with Gasteiger partial charge in [0.2, 0.25) is 9.84 Å². The van der Waals surface area contributed by atoms with Crippen LogP contribution in [0.4, 0.5) is 14.5 Å². The first-order chi connectivity index (χ1) is 12.8. The van der Waals surface area contributed by atoms with Crippen molar-refractivity contribution in [2.24, 2.45) is 0 Å². The molecule has 1 unspecified atom stereocenters. The van der Waals surface area contributed by atoms with Crippen molar-refractivity contribution >= 4 is 21.4 Å². The van der Waals surface area contributed by atoms with E-state index in [0.717, 1.165) is 24.1 Å². The first-order valence-electron chi connectivity index (χ1n) is 8.39. The second-order valence-corrected chi connectivity index (χ2v) is 7.93. The highest BCUT2D eigenvalue weighted by molar-refractivity contribution is 7.91. The summed E-state index contributed by atoms with van der Waals surface area (Å²) in [5.74, 6) is -3.02. The van der Waals surface area contributed by atoms with Crippen LogP contribution in [-0.2, 0) is 14.6 Å². The molecule has 8 heteroatoms. The van der Waals surface area contributed by atoms with Crippen molar-refractivity contribution in [2.45, 2.75) is 36.8 Å². The van der Waals surface area contributed by atoms with E-state index in [9.17, 15) is 22.0 Å². The van der Waals surface area contributed by atoms with Gasteiger partial charge in [-0.2, -0.15) is 8.78 Å². The molecule has 1 amide bonds. The fourth-order valence-corrected chi connectivity index (χ4v) is 3.13. The lowest BCUT2D eigenvalue weighted by molar-refractivity contribution is -0.118. The second kappa shape index (κ2) is 8.94. The molecule has 0 saturated heterocycles. The molecule has 0 fully saturated rings. The average molecular weight is 397 g/mol. The lowest BCUT2D eigenvalue weighted by Crippen LogP contribution is -2.20. The van der Waals surface area contributed by atoms with Crippen molar-refractivity contribution in [3.8, 4) is 5.75 Å². The number of carbonyl (C=O) groups is 1. The molecule has 0 bridgehead atoms. The number of rotatable bonds is 8. The summed E-state index contributed by atoms with van der Waals surface area (Å²) in [4.78, 5) is 11.5. The third-order valence-corrected chi connectivity index (χ3v) is 5.52. The number of carbonyl (C=O) groups excluding carboxylic acids is 1. The normalized spacial score (nSPS) is 12.6. The predicted molar refractivity (Wildman–Crippen MR) is 98.9 cm³/mol. The summed E-state index contributed by atoms with van der Waals surface area (Å²) >= 11 is 0. The molecule has 0 aromatic heterocycles. The van der Waals surface area contributed by atoms with Gasteiger partial charge in [-0.05, 0) is 48.2 Å². The van der Waals surface area contributed by atoms with E-state index < -0.39 is 26.4 Å². The molecule has 0 aliphatic rings. The van der Waals surface area contributed by atoms with Crippen molar-refractivity contribution in [1.82, 2.24) is 0 Å². The maximum atomic E-state index is 12.5. The molecule has 0 aliphatic heterocycles. The van der Waals surface area contributed by atoms with Crippen LogP contribution in [0.1, 0.15) is 31.7 Å². The monoisotopic (exact) mass is 397 g/mol. The molecule has 2 rings (SSSR count). The first kappa shape index (κ1) is 20.8. The smallest absolute Gasteiger partial charge is 0.341 e. The van der Waals surface area contributed by atoms with Crippen LogP contribution in [0, 0.1) is 0 Å². The SMILES string of the molecule is CCC(C)c1ccccc1OCC(=O)Nc1ccc(S(=O)(=O)C(F)F)cc1. The Kier molecular flexibility index (Phi) is 6.90. The number of para-hydroxylation sites is 1. The highest BCUT2D eigenvalue weighted by Crippen LogP contribution is 2.28. The summed E-state index contributed by atoms with van der Waals surface area (Å²) in [5, 5.41) is 2.54. The van der Waals surface area contributed by atoms with E-state index in [1.807, 2.05) is 18.2 Å². The lowest BCUT2D eigenvalue weighted by Gasteiger charge is -2.15. The number of alkyl halides is 2. The number of nitrogens with one attached hydrogen (secondary N) is 1. The Morgan fingerprint density at radius 3 is 2.33 bits per heavy atom. The number of amides is 1. The van der Waals surface area contributed by atoms with E-state index in [-0.39, 0.29) is 18.2 Å². The van der Waals surface area contributed by atoms with Crippen LogP contribution in [0.2, 0.25) is 0 Å². The van der Waals surface area contributed by atoms with Crippen molar-refractivity contribution in [3.05, 3.63) is 54.1 Å². The van der Waals surface area contributed by atoms with E-state index in [0.29, 0.717) is 5.75 Å². The van der Waals surface area contributed by atoms with Gasteiger partial charge in [0, 0.05) is 5.69 Å². The van der Waals surface area contributed by atoms with Gasteiger partial charge < -0.3 is 10.1 Å². The Hall–Kier alpha value is -2.48. The van der Waals surface area contributed by atoms with Crippen molar-refractivity contribution in [3.63, 3.8) is 0 Å². The van der Waals surface area contributed by atoms with E-state index in [1.165, 1.54) is 12.1 Å². The number of hydrogen-bond acceptors (Lipinski definition) is 4. The predicted octanol–water partition coefficient (Wildman–Crippen LogP) is 4.21. The number of anilines is 1. The maximum absolute atomic E-state index is 12.5. The minimum Gasteiger partial charge on any atom is -0.483 e. The highest BCUT2D eigenvalue weighted by Gasteiger charge is 2.26. The molecule has 0 aliphatic carbocycles. The zero-order valence-electron chi connectivity index (χ0n) is 15.0. The van der Waals surface area contributed by atoms with Gasteiger partial charge in [-0.1, -0.05) is 32.0 Å². The number of ether oxygens (including phenoxy) is 1. The van der Waals surface area contributed by atoms with Crippen molar-refractivity contribution in [1.29, 1.82) is 0 Å². The van der Waals surface area contributed by atoms with Gasteiger partial charge in [0.05, 0.1) is 4.90 Å². The average Bonchev–Trinajstić information content (AvgIpc) is 2.66. The van der Waals surface area contributed by atoms with Crippen LogP contribution in [0.3, 0.4) is 0 Å². The van der Waals surface area contributed by atoms with E-state index >= 15 is 0 Å². The zero-order valence-corrected chi connectivity index (χ0v) is 15.8. The molecule has 146 valence electrons. The summed E-state index contributed by atoms with van der Waals surface area (Å²) in [7, 11) is -4.65. The second-order valence-electron chi connectivity index (χ2n) is 6.01. The molecule has 2 aromatic rings. The third-order valence-electron chi connectivity index (χ3n) is 4.12. The van der Waals surface area contributed by atoms with Crippen molar-refractivity contribution < 1.29 is 26.7 Å².